The Morgan fingerprint density at radius 1 is 1.10 bits per heavy atom. The van der Waals surface area contributed by atoms with Crippen molar-refractivity contribution in [1.29, 1.82) is 0 Å². The summed E-state index contributed by atoms with van der Waals surface area (Å²) in [5.41, 5.74) is 2.14. The van der Waals surface area contributed by atoms with Crippen molar-refractivity contribution in [1.82, 2.24) is 4.90 Å². The van der Waals surface area contributed by atoms with Gasteiger partial charge in [0.05, 0.1) is 17.4 Å². The van der Waals surface area contributed by atoms with Gasteiger partial charge in [0.15, 0.2) is 5.78 Å². The first kappa shape index (κ1) is 20.2. The van der Waals surface area contributed by atoms with Crippen molar-refractivity contribution in [3.63, 3.8) is 0 Å². The number of hydrogen-bond donors (Lipinski definition) is 1. The van der Waals surface area contributed by atoms with Gasteiger partial charge in [0.25, 0.3) is 0 Å². The minimum Gasteiger partial charge on any atom is -0.391 e. The van der Waals surface area contributed by atoms with Crippen molar-refractivity contribution in [3.05, 3.63) is 71.0 Å². The summed E-state index contributed by atoms with van der Waals surface area (Å²) in [6, 6.07) is 14.7. The first-order chi connectivity index (χ1) is 13.9. The van der Waals surface area contributed by atoms with Crippen molar-refractivity contribution in [3.8, 4) is 0 Å². The zero-order valence-electron chi connectivity index (χ0n) is 17.3. The number of halogens is 1. The number of hydrogen-bond acceptors (Lipinski definition) is 3. The molecule has 3 atom stereocenters. The van der Waals surface area contributed by atoms with E-state index in [4.69, 9.17) is 0 Å². The molecule has 0 bridgehead atoms. The first-order valence-electron chi connectivity index (χ1n) is 10.7. The summed E-state index contributed by atoms with van der Waals surface area (Å²) in [7, 11) is 3.85. The van der Waals surface area contributed by atoms with Crippen molar-refractivity contribution in [2.45, 2.75) is 55.5 Å². The largest absolute Gasteiger partial charge is 0.391 e. The topological polar surface area (TPSA) is 40.5 Å². The van der Waals surface area contributed by atoms with Gasteiger partial charge < -0.3 is 10.0 Å². The van der Waals surface area contributed by atoms with Crippen LogP contribution in [0.2, 0.25) is 0 Å². The van der Waals surface area contributed by atoms with Crippen LogP contribution in [0.15, 0.2) is 48.5 Å². The molecule has 4 rings (SSSR count). The molecule has 2 aromatic rings. The highest BCUT2D eigenvalue weighted by Crippen LogP contribution is 2.55. The second kappa shape index (κ2) is 8.00. The molecular formula is C25H30FNO2. The number of benzene rings is 2. The number of ketones is 1. The molecular weight excluding hydrogens is 365 g/mol. The van der Waals surface area contributed by atoms with Gasteiger partial charge in [0, 0.05) is 12.5 Å². The molecule has 29 heavy (non-hydrogen) atoms. The standard InChI is InChI=1S/C25H30FNO2/c1-27(2)16-21(28)22(17-9-5-3-6-10-17)23-19-12-11-18(26)15-20(19)25(24(23)29)13-7-4-8-14-25/h3,5-6,9-12,15,21-23,28H,4,7-8,13-14,16H2,1-2H3/t21-,22+,23?/m1/s1. The Morgan fingerprint density at radius 3 is 2.45 bits per heavy atom. The SMILES string of the molecule is CN(C)C[C@@H](O)[C@H](c1ccccc1)C1C(=O)C2(CCCCC2)c2cc(F)ccc21. The van der Waals surface area contributed by atoms with Gasteiger partial charge in [-0.05, 0) is 55.8 Å². The zero-order valence-corrected chi connectivity index (χ0v) is 17.3. The summed E-state index contributed by atoms with van der Waals surface area (Å²) in [4.78, 5) is 16.0. The average Bonchev–Trinajstić information content (AvgIpc) is 2.92. The van der Waals surface area contributed by atoms with Crippen LogP contribution in [0.25, 0.3) is 0 Å². The van der Waals surface area contributed by atoms with E-state index in [1.54, 1.807) is 12.1 Å². The van der Waals surface area contributed by atoms with Gasteiger partial charge in [0.2, 0.25) is 0 Å². The van der Waals surface area contributed by atoms with Crippen LogP contribution in [-0.4, -0.2) is 42.5 Å². The van der Waals surface area contributed by atoms with E-state index < -0.39 is 17.4 Å². The second-order valence-corrected chi connectivity index (χ2v) is 8.98. The Hall–Kier alpha value is -2.04. The van der Waals surface area contributed by atoms with Gasteiger partial charge in [-0.1, -0.05) is 55.7 Å². The summed E-state index contributed by atoms with van der Waals surface area (Å²) in [6.45, 7) is 0.465. The second-order valence-electron chi connectivity index (χ2n) is 8.98. The maximum atomic E-state index is 14.2. The maximum Gasteiger partial charge on any atom is 0.151 e. The quantitative estimate of drug-likeness (QED) is 0.816. The molecule has 0 saturated heterocycles. The third-order valence-corrected chi connectivity index (χ3v) is 6.84. The fraction of sp³-hybridized carbons (Fsp3) is 0.480. The Morgan fingerprint density at radius 2 is 1.79 bits per heavy atom. The van der Waals surface area contributed by atoms with Crippen LogP contribution in [0, 0.1) is 5.82 Å². The molecule has 1 N–H and O–H groups in total. The molecule has 0 aromatic heterocycles. The van der Waals surface area contributed by atoms with Crippen molar-refractivity contribution >= 4 is 5.78 Å². The lowest BCUT2D eigenvalue weighted by atomic mass is 9.67. The predicted molar refractivity (Wildman–Crippen MR) is 113 cm³/mol. The monoisotopic (exact) mass is 395 g/mol. The summed E-state index contributed by atoms with van der Waals surface area (Å²) in [5.74, 6) is -0.908. The number of aliphatic hydroxyl groups excluding tert-OH is 1. The zero-order chi connectivity index (χ0) is 20.6. The molecule has 1 fully saturated rings. The van der Waals surface area contributed by atoms with Crippen LogP contribution in [0.1, 0.15) is 60.6 Å². The van der Waals surface area contributed by atoms with E-state index >= 15 is 0 Å². The molecule has 4 heteroatoms. The number of nitrogens with zero attached hydrogens (tertiary/aromatic N) is 1. The minimum absolute atomic E-state index is 0.171. The molecule has 0 aliphatic heterocycles. The Labute approximate surface area is 172 Å². The van der Waals surface area contributed by atoms with Crippen LogP contribution >= 0.6 is 0 Å². The fourth-order valence-corrected chi connectivity index (χ4v) is 5.61. The Bertz CT molecular complexity index is 874. The van der Waals surface area contributed by atoms with Gasteiger partial charge in [0.1, 0.15) is 5.82 Å². The third kappa shape index (κ3) is 3.53. The van der Waals surface area contributed by atoms with Crippen molar-refractivity contribution in [2.75, 3.05) is 20.6 Å². The number of carbonyl (C=O) groups excluding carboxylic acids is 1. The predicted octanol–water partition coefficient (Wildman–Crippen LogP) is 4.40. The van der Waals surface area contributed by atoms with Gasteiger partial charge in [-0.2, -0.15) is 0 Å². The normalized spacial score (nSPS) is 22.7. The van der Waals surface area contributed by atoms with E-state index in [9.17, 15) is 14.3 Å². The average molecular weight is 396 g/mol. The van der Waals surface area contributed by atoms with E-state index in [1.807, 2.05) is 49.3 Å². The van der Waals surface area contributed by atoms with Gasteiger partial charge in [-0.3, -0.25) is 4.79 Å². The number of rotatable bonds is 5. The van der Waals surface area contributed by atoms with E-state index in [1.165, 1.54) is 6.07 Å². The van der Waals surface area contributed by atoms with E-state index in [0.717, 1.165) is 48.8 Å². The molecule has 1 unspecified atom stereocenters. The smallest absolute Gasteiger partial charge is 0.151 e. The maximum absolute atomic E-state index is 14.2. The minimum atomic E-state index is -0.696. The lowest BCUT2D eigenvalue weighted by molar-refractivity contribution is -0.127. The molecule has 1 spiro atoms. The third-order valence-electron chi connectivity index (χ3n) is 6.84. The van der Waals surface area contributed by atoms with Gasteiger partial charge in [-0.15, -0.1) is 0 Å². The molecule has 2 aliphatic carbocycles. The molecule has 2 aliphatic rings. The molecule has 3 nitrogen and oxygen atoms in total. The molecule has 0 heterocycles. The lowest BCUT2D eigenvalue weighted by Crippen LogP contribution is -2.40. The van der Waals surface area contributed by atoms with E-state index in [2.05, 4.69) is 0 Å². The lowest BCUT2D eigenvalue weighted by Gasteiger charge is -2.35. The number of fused-ring (bicyclic) bond motifs is 2. The van der Waals surface area contributed by atoms with Crippen LogP contribution < -0.4 is 0 Å². The summed E-state index contributed by atoms with van der Waals surface area (Å²) in [6.07, 6.45) is 3.97. The molecule has 0 amide bonds. The molecule has 154 valence electrons. The Kier molecular flexibility index (Phi) is 5.58. The highest BCUT2D eigenvalue weighted by atomic mass is 19.1. The van der Waals surface area contributed by atoms with Crippen molar-refractivity contribution < 1.29 is 14.3 Å². The first-order valence-corrected chi connectivity index (χ1v) is 10.7. The van der Waals surface area contributed by atoms with Crippen LogP contribution in [-0.2, 0) is 10.2 Å². The summed E-state index contributed by atoms with van der Waals surface area (Å²) in [5, 5.41) is 11.2. The highest BCUT2D eigenvalue weighted by molar-refractivity contribution is 6.01. The van der Waals surface area contributed by atoms with Gasteiger partial charge >= 0.3 is 0 Å². The number of Topliss-reactive ketones (excluding diaryl/α,β-unsaturated/α-hetero) is 1. The molecule has 1 saturated carbocycles. The van der Waals surface area contributed by atoms with Crippen LogP contribution in [0.3, 0.4) is 0 Å². The number of aliphatic hydroxyl groups is 1. The summed E-state index contributed by atoms with van der Waals surface area (Å²) >= 11 is 0. The molecule has 2 aromatic carbocycles. The van der Waals surface area contributed by atoms with E-state index in [0.29, 0.717) is 6.54 Å². The number of likely N-dealkylation sites (N-methyl/N-ethyl adjacent to an activating group) is 1. The fourth-order valence-electron chi connectivity index (χ4n) is 5.61. The molecule has 0 radical (unpaired) electrons. The summed E-state index contributed by atoms with van der Waals surface area (Å²) < 4.78 is 14.2. The van der Waals surface area contributed by atoms with Crippen molar-refractivity contribution in [2.24, 2.45) is 0 Å². The highest BCUT2D eigenvalue weighted by Gasteiger charge is 2.54. The van der Waals surface area contributed by atoms with Crippen LogP contribution in [0.4, 0.5) is 4.39 Å². The van der Waals surface area contributed by atoms with Gasteiger partial charge in [-0.25, -0.2) is 4.39 Å². The van der Waals surface area contributed by atoms with E-state index in [-0.39, 0.29) is 17.5 Å². The number of carbonyl (C=O) groups is 1. The Balaban J connectivity index is 1.85. The van der Waals surface area contributed by atoms with Crippen LogP contribution in [0.5, 0.6) is 0 Å².